The van der Waals surface area contributed by atoms with E-state index in [4.69, 9.17) is 0 Å². The molecule has 0 bridgehead atoms. The summed E-state index contributed by atoms with van der Waals surface area (Å²) in [6.07, 6.45) is 2.88. The number of aromatic hydroxyl groups is 1. The van der Waals surface area contributed by atoms with Crippen LogP contribution < -0.4 is 5.32 Å². The van der Waals surface area contributed by atoms with Crippen LogP contribution in [0.5, 0.6) is 5.88 Å². The van der Waals surface area contributed by atoms with Crippen LogP contribution in [0.2, 0.25) is 0 Å². The fourth-order valence-corrected chi connectivity index (χ4v) is 2.84. The third-order valence-corrected chi connectivity index (χ3v) is 3.78. The SMILES string of the molecule is O=C(O)c1nc(CC2CCCNC2)n2c(O)cccc12. The van der Waals surface area contributed by atoms with Crippen molar-refractivity contribution in [3.05, 3.63) is 29.7 Å². The average molecular weight is 275 g/mol. The molecule has 1 aliphatic heterocycles. The van der Waals surface area contributed by atoms with E-state index in [1.54, 1.807) is 18.2 Å². The summed E-state index contributed by atoms with van der Waals surface area (Å²) < 4.78 is 1.54. The van der Waals surface area contributed by atoms with Crippen LogP contribution in [-0.4, -0.2) is 38.7 Å². The lowest BCUT2D eigenvalue weighted by molar-refractivity contribution is 0.0693. The summed E-state index contributed by atoms with van der Waals surface area (Å²) >= 11 is 0. The van der Waals surface area contributed by atoms with E-state index in [1.807, 2.05) is 0 Å². The highest BCUT2D eigenvalue weighted by atomic mass is 16.4. The van der Waals surface area contributed by atoms with E-state index >= 15 is 0 Å². The lowest BCUT2D eigenvalue weighted by atomic mass is 9.96. The molecule has 0 amide bonds. The van der Waals surface area contributed by atoms with Gasteiger partial charge in [-0.2, -0.15) is 0 Å². The van der Waals surface area contributed by atoms with Crippen molar-refractivity contribution in [2.24, 2.45) is 5.92 Å². The Morgan fingerprint density at radius 2 is 2.35 bits per heavy atom. The Morgan fingerprint density at radius 3 is 3.05 bits per heavy atom. The van der Waals surface area contributed by atoms with Gasteiger partial charge in [0.2, 0.25) is 0 Å². The number of carboxylic acid groups (broad SMARTS) is 1. The first-order valence-electron chi connectivity index (χ1n) is 6.80. The van der Waals surface area contributed by atoms with Gasteiger partial charge < -0.3 is 15.5 Å². The second-order valence-electron chi connectivity index (χ2n) is 5.20. The minimum atomic E-state index is -1.07. The third kappa shape index (κ3) is 2.22. The van der Waals surface area contributed by atoms with Gasteiger partial charge in [0.05, 0.1) is 5.52 Å². The fourth-order valence-electron chi connectivity index (χ4n) is 2.84. The maximum Gasteiger partial charge on any atom is 0.356 e. The number of carbonyl (C=O) groups is 1. The molecule has 3 rings (SSSR count). The Kier molecular flexibility index (Phi) is 3.31. The molecule has 0 aromatic carbocycles. The van der Waals surface area contributed by atoms with Crippen molar-refractivity contribution < 1.29 is 15.0 Å². The molecule has 1 saturated heterocycles. The smallest absolute Gasteiger partial charge is 0.356 e. The highest BCUT2D eigenvalue weighted by Gasteiger charge is 2.22. The van der Waals surface area contributed by atoms with E-state index in [1.165, 1.54) is 4.40 Å². The molecule has 6 heteroatoms. The van der Waals surface area contributed by atoms with Gasteiger partial charge in [0.1, 0.15) is 5.82 Å². The number of imidazole rings is 1. The molecule has 1 fully saturated rings. The van der Waals surface area contributed by atoms with Gasteiger partial charge in [-0.15, -0.1) is 0 Å². The quantitative estimate of drug-likeness (QED) is 0.785. The van der Waals surface area contributed by atoms with E-state index in [-0.39, 0.29) is 11.6 Å². The first-order chi connectivity index (χ1) is 9.66. The number of rotatable bonds is 3. The first-order valence-corrected chi connectivity index (χ1v) is 6.80. The Balaban J connectivity index is 2.03. The molecule has 0 radical (unpaired) electrons. The first kappa shape index (κ1) is 12.9. The van der Waals surface area contributed by atoms with Crippen molar-refractivity contribution in [2.45, 2.75) is 19.3 Å². The van der Waals surface area contributed by atoms with Crippen molar-refractivity contribution >= 4 is 11.5 Å². The molecule has 2 aromatic heterocycles. The zero-order valence-corrected chi connectivity index (χ0v) is 11.0. The van der Waals surface area contributed by atoms with Crippen LogP contribution in [0.15, 0.2) is 18.2 Å². The van der Waals surface area contributed by atoms with Gasteiger partial charge in [-0.3, -0.25) is 4.40 Å². The highest BCUT2D eigenvalue weighted by molar-refractivity contribution is 5.93. The Hall–Kier alpha value is -2.08. The van der Waals surface area contributed by atoms with E-state index in [9.17, 15) is 15.0 Å². The molecule has 0 aliphatic carbocycles. The van der Waals surface area contributed by atoms with Crippen molar-refractivity contribution in [3.8, 4) is 5.88 Å². The molecule has 2 aromatic rings. The number of nitrogens with zero attached hydrogens (tertiary/aromatic N) is 2. The van der Waals surface area contributed by atoms with Gasteiger partial charge in [0.25, 0.3) is 0 Å². The van der Waals surface area contributed by atoms with Gasteiger partial charge in [0.15, 0.2) is 11.6 Å². The predicted octanol–water partition coefficient (Wildman–Crippen LogP) is 1.28. The molecule has 20 heavy (non-hydrogen) atoms. The highest BCUT2D eigenvalue weighted by Crippen LogP contribution is 2.23. The maximum atomic E-state index is 11.3. The van der Waals surface area contributed by atoms with Crippen LogP contribution in [0.4, 0.5) is 0 Å². The second kappa shape index (κ2) is 5.13. The number of nitrogens with one attached hydrogen (secondary N) is 1. The van der Waals surface area contributed by atoms with Crippen LogP contribution in [0.25, 0.3) is 5.52 Å². The van der Waals surface area contributed by atoms with Crippen molar-refractivity contribution in [2.75, 3.05) is 13.1 Å². The van der Waals surface area contributed by atoms with Crippen molar-refractivity contribution in [1.29, 1.82) is 0 Å². The zero-order valence-electron chi connectivity index (χ0n) is 11.0. The lowest BCUT2D eigenvalue weighted by Gasteiger charge is -2.22. The Labute approximate surface area is 116 Å². The number of aromatic carboxylic acids is 1. The molecule has 0 spiro atoms. The number of carboxylic acids is 1. The minimum absolute atomic E-state index is 0.000307. The molecule has 106 valence electrons. The fraction of sp³-hybridized carbons (Fsp3) is 0.429. The summed E-state index contributed by atoms with van der Waals surface area (Å²) in [7, 11) is 0. The number of fused-ring (bicyclic) bond motifs is 1. The molecule has 3 heterocycles. The van der Waals surface area contributed by atoms with E-state index in [2.05, 4.69) is 10.3 Å². The molecule has 6 nitrogen and oxygen atoms in total. The molecule has 0 saturated carbocycles. The van der Waals surface area contributed by atoms with E-state index in [0.717, 1.165) is 25.9 Å². The minimum Gasteiger partial charge on any atom is -0.494 e. The molecule has 1 aliphatic rings. The number of hydrogen-bond acceptors (Lipinski definition) is 4. The van der Waals surface area contributed by atoms with Crippen molar-refractivity contribution in [1.82, 2.24) is 14.7 Å². The summed E-state index contributed by atoms with van der Waals surface area (Å²) in [4.78, 5) is 15.5. The van der Waals surface area contributed by atoms with Gasteiger partial charge in [0, 0.05) is 6.42 Å². The largest absolute Gasteiger partial charge is 0.494 e. The summed E-state index contributed by atoms with van der Waals surface area (Å²) in [5, 5.41) is 22.5. The summed E-state index contributed by atoms with van der Waals surface area (Å²) in [6.45, 7) is 1.94. The Bertz CT molecular complexity index is 644. The van der Waals surface area contributed by atoms with Crippen molar-refractivity contribution in [3.63, 3.8) is 0 Å². The second-order valence-corrected chi connectivity index (χ2v) is 5.20. The van der Waals surface area contributed by atoms with E-state index < -0.39 is 5.97 Å². The summed E-state index contributed by atoms with van der Waals surface area (Å²) in [6, 6.07) is 4.84. The maximum absolute atomic E-state index is 11.3. The van der Waals surface area contributed by atoms with Gasteiger partial charge in [-0.25, -0.2) is 9.78 Å². The van der Waals surface area contributed by atoms with Crippen LogP contribution in [0, 0.1) is 5.92 Å². The summed E-state index contributed by atoms with van der Waals surface area (Å²) in [5.74, 6) is 0.00203. The molecule has 1 atom stereocenters. The summed E-state index contributed by atoms with van der Waals surface area (Å²) in [5.41, 5.74) is 0.441. The Morgan fingerprint density at radius 1 is 1.50 bits per heavy atom. The predicted molar refractivity (Wildman–Crippen MR) is 73.1 cm³/mol. The van der Waals surface area contributed by atoms with E-state index in [0.29, 0.717) is 23.7 Å². The van der Waals surface area contributed by atoms with Gasteiger partial charge in [-0.1, -0.05) is 6.07 Å². The van der Waals surface area contributed by atoms with Crippen LogP contribution in [0.3, 0.4) is 0 Å². The lowest BCUT2D eigenvalue weighted by Crippen LogP contribution is -2.31. The van der Waals surface area contributed by atoms with Crippen LogP contribution in [0.1, 0.15) is 29.2 Å². The zero-order chi connectivity index (χ0) is 14.1. The van der Waals surface area contributed by atoms with Crippen LogP contribution in [-0.2, 0) is 6.42 Å². The van der Waals surface area contributed by atoms with Gasteiger partial charge in [-0.05, 0) is 44.0 Å². The monoisotopic (exact) mass is 275 g/mol. The molecule has 3 N–H and O–H groups in total. The van der Waals surface area contributed by atoms with Crippen LogP contribution >= 0.6 is 0 Å². The molecule has 1 unspecified atom stereocenters. The number of aromatic nitrogens is 2. The number of hydrogen-bond donors (Lipinski definition) is 3. The van der Waals surface area contributed by atoms with Gasteiger partial charge >= 0.3 is 5.97 Å². The normalized spacial score (nSPS) is 19.3. The standard InChI is InChI=1S/C14H17N3O3/c18-12-5-1-4-10-13(14(19)20)16-11(17(10)12)7-9-3-2-6-15-8-9/h1,4-5,9,15,18H,2-3,6-8H2,(H,19,20). The topological polar surface area (TPSA) is 86.9 Å². The average Bonchev–Trinajstić information content (AvgIpc) is 2.80. The number of piperidine rings is 1. The molecular formula is C14H17N3O3. The number of pyridine rings is 1. The molecular weight excluding hydrogens is 258 g/mol. The third-order valence-electron chi connectivity index (χ3n) is 3.78.